The summed E-state index contributed by atoms with van der Waals surface area (Å²) in [7, 11) is 0. The summed E-state index contributed by atoms with van der Waals surface area (Å²) in [6.07, 6.45) is 7.32. The lowest BCUT2D eigenvalue weighted by molar-refractivity contribution is 0.0183. The second-order valence-corrected chi connectivity index (χ2v) is 6.33. The molecule has 8 heteroatoms. The van der Waals surface area contributed by atoms with Crippen molar-refractivity contribution in [3.8, 4) is 0 Å². The first-order valence-corrected chi connectivity index (χ1v) is 8.36. The normalized spacial score (nSPS) is 22.2. The van der Waals surface area contributed by atoms with Crippen molar-refractivity contribution in [2.45, 2.75) is 51.4 Å². The molecule has 1 atom stereocenters. The van der Waals surface area contributed by atoms with E-state index in [4.69, 9.17) is 9.47 Å². The van der Waals surface area contributed by atoms with E-state index < -0.39 is 0 Å². The van der Waals surface area contributed by atoms with Gasteiger partial charge in [-0.2, -0.15) is 5.10 Å². The molecule has 124 valence electrons. The number of H-pyrrole nitrogens is 1. The molecule has 0 bridgehead atoms. The van der Waals surface area contributed by atoms with E-state index >= 15 is 0 Å². The van der Waals surface area contributed by atoms with Gasteiger partial charge in [0.25, 0.3) is 0 Å². The fourth-order valence-electron chi connectivity index (χ4n) is 3.41. The van der Waals surface area contributed by atoms with Crippen LogP contribution >= 0.6 is 0 Å². The van der Waals surface area contributed by atoms with Crippen LogP contribution in [0.5, 0.6) is 0 Å². The lowest BCUT2D eigenvalue weighted by Crippen LogP contribution is -2.22. The van der Waals surface area contributed by atoms with Crippen LogP contribution < -0.4 is 0 Å². The Hall–Kier alpha value is -1.80. The third-order valence-corrected chi connectivity index (χ3v) is 4.78. The Morgan fingerprint density at radius 1 is 1.30 bits per heavy atom. The number of hydrogen-bond acceptors (Lipinski definition) is 6. The van der Waals surface area contributed by atoms with E-state index in [1.165, 1.54) is 5.56 Å². The molecule has 0 spiro atoms. The number of aromatic nitrogens is 6. The van der Waals surface area contributed by atoms with Gasteiger partial charge in [-0.1, -0.05) is 0 Å². The molecule has 1 saturated heterocycles. The Labute approximate surface area is 134 Å². The van der Waals surface area contributed by atoms with E-state index in [0.29, 0.717) is 12.5 Å². The molecular formula is C15H22N6O2. The van der Waals surface area contributed by atoms with Gasteiger partial charge in [0.15, 0.2) is 5.82 Å². The molecule has 0 amide bonds. The summed E-state index contributed by atoms with van der Waals surface area (Å²) in [5.74, 6) is 1.38. The molecular weight excluding hydrogens is 296 g/mol. The third kappa shape index (κ3) is 3.28. The van der Waals surface area contributed by atoms with Crippen molar-refractivity contribution in [2.75, 3.05) is 13.2 Å². The number of fused-ring (bicyclic) bond motifs is 1. The average molecular weight is 318 g/mol. The zero-order valence-electron chi connectivity index (χ0n) is 13.1. The molecule has 1 aliphatic carbocycles. The van der Waals surface area contributed by atoms with Gasteiger partial charge in [0.05, 0.1) is 18.0 Å². The first kappa shape index (κ1) is 14.8. The topological polar surface area (TPSA) is 90.7 Å². The van der Waals surface area contributed by atoms with Gasteiger partial charge in [-0.05, 0) is 54.0 Å². The van der Waals surface area contributed by atoms with E-state index in [2.05, 4.69) is 25.7 Å². The highest BCUT2D eigenvalue weighted by atomic mass is 16.5. The SMILES string of the molecule is c1n[nH]c2c1CCC[C@@H]2OCc1nnnn1CC1CCOCC1. The Balaban J connectivity index is 1.38. The smallest absolute Gasteiger partial charge is 0.177 e. The Kier molecular flexibility index (Phi) is 4.34. The molecule has 0 unspecified atom stereocenters. The van der Waals surface area contributed by atoms with Crippen LogP contribution in [0, 0.1) is 5.92 Å². The number of aryl methyl sites for hydroxylation is 1. The molecule has 4 rings (SSSR count). The van der Waals surface area contributed by atoms with Gasteiger partial charge < -0.3 is 9.47 Å². The maximum absolute atomic E-state index is 6.08. The Bertz CT molecular complexity index is 633. The number of nitrogens with zero attached hydrogens (tertiary/aromatic N) is 5. The van der Waals surface area contributed by atoms with Gasteiger partial charge >= 0.3 is 0 Å². The van der Waals surface area contributed by atoms with E-state index in [-0.39, 0.29) is 6.10 Å². The predicted molar refractivity (Wildman–Crippen MR) is 80.4 cm³/mol. The van der Waals surface area contributed by atoms with Crippen molar-refractivity contribution in [3.05, 3.63) is 23.3 Å². The first-order valence-electron chi connectivity index (χ1n) is 8.36. The third-order valence-electron chi connectivity index (χ3n) is 4.78. The van der Waals surface area contributed by atoms with Crippen molar-refractivity contribution in [1.82, 2.24) is 30.4 Å². The summed E-state index contributed by atoms with van der Waals surface area (Å²) in [5.41, 5.74) is 2.38. The number of rotatable bonds is 5. The molecule has 0 saturated carbocycles. The largest absolute Gasteiger partial charge is 0.381 e. The van der Waals surface area contributed by atoms with Crippen LogP contribution in [0.1, 0.15) is 48.9 Å². The van der Waals surface area contributed by atoms with Crippen molar-refractivity contribution >= 4 is 0 Å². The van der Waals surface area contributed by atoms with E-state index in [9.17, 15) is 0 Å². The van der Waals surface area contributed by atoms with Crippen LogP contribution in [0.3, 0.4) is 0 Å². The molecule has 1 fully saturated rings. The Morgan fingerprint density at radius 2 is 2.22 bits per heavy atom. The molecule has 23 heavy (non-hydrogen) atoms. The second-order valence-electron chi connectivity index (χ2n) is 6.33. The molecule has 3 heterocycles. The van der Waals surface area contributed by atoms with Gasteiger partial charge in [-0.3, -0.25) is 5.10 Å². The van der Waals surface area contributed by atoms with Crippen molar-refractivity contribution < 1.29 is 9.47 Å². The van der Waals surface area contributed by atoms with Crippen molar-refractivity contribution in [1.29, 1.82) is 0 Å². The summed E-state index contributed by atoms with van der Waals surface area (Å²) >= 11 is 0. The number of ether oxygens (including phenoxy) is 2. The number of nitrogens with one attached hydrogen (secondary N) is 1. The number of hydrogen-bond donors (Lipinski definition) is 1. The van der Waals surface area contributed by atoms with Gasteiger partial charge in [-0.25, -0.2) is 4.68 Å². The maximum atomic E-state index is 6.08. The molecule has 1 N–H and O–H groups in total. The Morgan fingerprint density at radius 3 is 3.13 bits per heavy atom. The van der Waals surface area contributed by atoms with E-state index in [0.717, 1.165) is 63.4 Å². The van der Waals surface area contributed by atoms with Crippen LogP contribution in [0.25, 0.3) is 0 Å². The molecule has 0 aromatic carbocycles. The molecule has 2 aromatic rings. The zero-order chi connectivity index (χ0) is 15.5. The average Bonchev–Trinajstić information content (AvgIpc) is 3.23. The fraction of sp³-hybridized carbons (Fsp3) is 0.733. The maximum Gasteiger partial charge on any atom is 0.177 e. The van der Waals surface area contributed by atoms with Crippen molar-refractivity contribution in [2.24, 2.45) is 5.92 Å². The van der Waals surface area contributed by atoms with Crippen LogP contribution in [-0.2, 0) is 29.0 Å². The van der Waals surface area contributed by atoms with Gasteiger partial charge in [0.2, 0.25) is 0 Å². The quantitative estimate of drug-likeness (QED) is 0.896. The van der Waals surface area contributed by atoms with Crippen molar-refractivity contribution in [3.63, 3.8) is 0 Å². The highest BCUT2D eigenvalue weighted by molar-refractivity contribution is 5.21. The minimum absolute atomic E-state index is 0.0643. The lowest BCUT2D eigenvalue weighted by atomic mass is 9.96. The van der Waals surface area contributed by atoms with Gasteiger partial charge in [0, 0.05) is 19.8 Å². The molecule has 2 aliphatic rings. The van der Waals surface area contributed by atoms with Crippen LogP contribution in [0.2, 0.25) is 0 Å². The first-order chi connectivity index (χ1) is 11.4. The summed E-state index contributed by atoms with van der Waals surface area (Å²) in [6.45, 7) is 2.95. The summed E-state index contributed by atoms with van der Waals surface area (Å²) in [6, 6.07) is 0. The molecule has 8 nitrogen and oxygen atoms in total. The van der Waals surface area contributed by atoms with Crippen LogP contribution in [0.15, 0.2) is 6.20 Å². The predicted octanol–water partition coefficient (Wildman–Crippen LogP) is 1.42. The van der Waals surface area contributed by atoms with Gasteiger partial charge in [-0.15, -0.1) is 5.10 Å². The minimum Gasteiger partial charge on any atom is -0.381 e. The highest BCUT2D eigenvalue weighted by Crippen LogP contribution is 2.31. The van der Waals surface area contributed by atoms with Crippen LogP contribution in [-0.4, -0.2) is 43.6 Å². The fourth-order valence-corrected chi connectivity index (χ4v) is 3.41. The highest BCUT2D eigenvalue weighted by Gasteiger charge is 2.24. The zero-order valence-corrected chi connectivity index (χ0v) is 13.1. The van der Waals surface area contributed by atoms with E-state index in [1.807, 2.05) is 10.9 Å². The molecule has 2 aromatic heterocycles. The van der Waals surface area contributed by atoms with Crippen LogP contribution in [0.4, 0.5) is 0 Å². The summed E-state index contributed by atoms with van der Waals surface area (Å²) < 4.78 is 13.4. The number of tetrazole rings is 1. The summed E-state index contributed by atoms with van der Waals surface area (Å²) in [4.78, 5) is 0. The number of aromatic amines is 1. The van der Waals surface area contributed by atoms with E-state index in [1.54, 1.807) is 0 Å². The van der Waals surface area contributed by atoms with Gasteiger partial charge in [0.1, 0.15) is 6.61 Å². The standard InChI is InChI=1S/C15H22N6O2/c1-2-12-8-16-18-15(12)13(3-1)23-10-14-17-19-20-21(14)9-11-4-6-22-7-5-11/h8,11,13H,1-7,9-10H2,(H,16,18)/t13-/m0/s1. The summed E-state index contributed by atoms with van der Waals surface area (Å²) in [5, 5.41) is 19.3. The molecule has 1 aliphatic heterocycles. The minimum atomic E-state index is 0.0643. The molecule has 0 radical (unpaired) electrons. The monoisotopic (exact) mass is 318 g/mol. The lowest BCUT2D eigenvalue weighted by Gasteiger charge is -2.23. The second kappa shape index (κ2) is 6.76.